The number of carbonyl (C=O) groups is 1. The van der Waals surface area contributed by atoms with Crippen molar-refractivity contribution in [3.05, 3.63) is 23.8 Å². The maximum absolute atomic E-state index is 10.6. The Hall–Kier alpha value is -1.13. The van der Waals surface area contributed by atoms with Crippen LogP contribution in [0.2, 0.25) is 0 Å². The van der Waals surface area contributed by atoms with E-state index in [-0.39, 0.29) is 24.4 Å². The molecule has 0 aromatic rings. The van der Waals surface area contributed by atoms with E-state index in [9.17, 15) is 15.0 Å². The zero-order chi connectivity index (χ0) is 17.7. The maximum Gasteiger partial charge on any atom is 0.303 e. The molecule has 24 heavy (non-hydrogen) atoms. The van der Waals surface area contributed by atoms with Crippen molar-refractivity contribution in [3.8, 4) is 0 Å². The Labute approximate surface area is 145 Å². The van der Waals surface area contributed by atoms with E-state index in [1.165, 1.54) is 5.57 Å². The van der Waals surface area contributed by atoms with E-state index in [0.29, 0.717) is 18.3 Å². The molecule has 0 aliphatic heterocycles. The van der Waals surface area contributed by atoms with E-state index in [4.69, 9.17) is 5.11 Å². The van der Waals surface area contributed by atoms with Crippen molar-refractivity contribution in [1.29, 1.82) is 0 Å². The third-order valence-electron chi connectivity index (χ3n) is 5.90. The van der Waals surface area contributed by atoms with Gasteiger partial charge in [0.05, 0.1) is 12.2 Å². The highest BCUT2D eigenvalue weighted by Gasteiger charge is 2.44. The first-order chi connectivity index (χ1) is 11.4. The molecule has 3 N–H and O–H groups in total. The smallest absolute Gasteiger partial charge is 0.303 e. The van der Waals surface area contributed by atoms with Crippen molar-refractivity contribution in [2.24, 2.45) is 23.7 Å². The molecule has 0 radical (unpaired) electrons. The quantitative estimate of drug-likeness (QED) is 0.468. The second-order valence-electron chi connectivity index (χ2n) is 7.62. The molecule has 0 heterocycles. The number of aliphatic carboxylic acids is 1. The molecule has 2 fully saturated rings. The molecule has 0 spiro atoms. The summed E-state index contributed by atoms with van der Waals surface area (Å²) in [6, 6.07) is 0. The summed E-state index contributed by atoms with van der Waals surface area (Å²) in [4.78, 5) is 10.6. The van der Waals surface area contributed by atoms with Gasteiger partial charge in [-0.25, -0.2) is 0 Å². The highest BCUT2D eigenvalue weighted by molar-refractivity contribution is 5.66. The van der Waals surface area contributed by atoms with Gasteiger partial charge < -0.3 is 15.3 Å². The van der Waals surface area contributed by atoms with Gasteiger partial charge in [-0.05, 0) is 49.9 Å². The number of fused-ring (bicyclic) bond motifs is 1. The minimum absolute atomic E-state index is 0.138. The third kappa shape index (κ3) is 4.93. The lowest BCUT2D eigenvalue weighted by atomic mass is 9.89. The Balaban J connectivity index is 1.90. The van der Waals surface area contributed by atoms with Crippen LogP contribution >= 0.6 is 0 Å². The fourth-order valence-electron chi connectivity index (χ4n) is 4.17. The number of aliphatic hydroxyl groups excluding tert-OH is 2. The third-order valence-corrected chi connectivity index (χ3v) is 5.90. The van der Waals surface area contributed by atoms with Crippen LogP contribution in [0.25, 0.3) is 0 Å². The van der Waals surface area contributed by atoms with Gasteiger partial charge in [-0.1, -0.05) is 44.1 Å². The highest BCUT2D eigenvalue weighted by Crippen LogP contribution is 2.50. The van der Waals surface area contributed by atoms with Crippen LogP contribution in [0.5, 0.6) is 0 Å². The van der Waals surface area contributed by atoms with E-state index in [1.807, 2.05) is 19.1 Å². The second kappa shape index (κ2) is 8.82. The zero-order valence-electron chi connectivity index (χ0n) is 14.9. The molecule has 0 aromatic carbocycles. The van der Waals surface area contributed by atoms with Crippen molar-refractivity contribution >= 4 is 5.97 Å². The lowest BCUT2D eigenvalue weighted by Gasteiger charge is -2.19. The molecule has 0 bridgehead atoms. The van der Waals surface area contributed by atoms with E-state index in [1.54, 1.807) is 0 Å². The van der Waals surface area contributed by atoms with Gasteiger partial charge in [-0.2, -0.15) is 0 Å². The summed E-state index contributed by atoms with van der Waals surface area (Å²) in [5, 5.41) is 29.1. The molecule has 4 nitrogen and oxygen atoms in total. The molecule has 136 valence electrons. The first-order valence-corrected chi connectivity index (χ1v) is 9.36. The first-order valence-electron chi connectivity index (χ1n) is 9.36. The van der Waals surface area contributed by atoms with E-state index in [2.05, 4.69) is 13.0 Å². The van der Waals surface area contributed by atoms with Gasteiger partial charge in [-0.15, -0.1) is 0 Å². The summed E-state index contributed by atoms with van der Waals surface area (Å²) >= 11 is 0. The zero-order valence-corrected chi connectivity index (χ0v) is 14.9. The van der Waals surface area contributed by atoms with Crippen molar-refractivity contribution in [2.45, 2.75) is 71.0 Å². The van der Waals surface area contributed by atoms with Crippen LogP contribution in [0, 0.1) is 23.7 Å². The number of aliphatic hydroxyl groups is 2. The predicted molar refractivity (Wildman–Crippen MR) is 94.5 cm³/mol. The van der Waals surface area contributed by atoms with Gasteiger partial charge in [0.1, 0.15) is 0 Å². The molecular weight excluding hydrogens is 304 g/mol. The summed E-state index contributed by atoms with van der Waals surface area (Å²) in [6.07, 6.45) is 11.0. The topological polar surface area (TPSA) is 77.8 Å². The van der Waals surface area contributed by atoms with Gasteiger partial charge in [0.15, 0.2) is 0 Å². The molecule has 0 saturated heterocycles. The molecule has 4 heteroatoms. The number of hydrogen-bond donors (Lipinski definition) is 3. The van der Waals surface area contributed by atoms with Crippen molar-refractivity contribution in [3.63, 3.8) is 0 Å². The molecular formula is C20H32O4. The summed E-state index contributed by atoms with van der Waals surface area (Å²) in [5.74, 6) is 0.639. The number of allylic oxidation sites excluding steroid dienone is 2. The van der Waals surface area contributed by atoms with Crippen LogP contribution in [0.3, 0.4) is 0 Å². The first kappa shape index (κ1) is 19.2. The van der Waals surface area contributed by atoms with Crippen LogP contribution in [0.1, 0.15) is 58.8 Å². The Morgan fingerprint density at radius 1 is 1.38 bits per heavy atom. The summed E-state index contributed by atoms with van der Waals surface area (Å²) in [5.41, 5.74) is 1.42. The van der Waals surface area contributed by atoms with Crippen molar-refractivity contribution < 1.29 is 20.1 Å². The standard InChI is InChI=1S/C20H32O4/c1-3-13(2)18(21)9-8-16-17-11-14(6-4-5-7-20(23)24)10-15(17)12-19(16)22/h6,8-9,13,15-19,21-22H,3-5,7,10-12H2,1-2H3,(H,23,24)/b9-8+,14-6+/t13?,15-,16?,17?,18+,19+/m0/s1. The minimum atomic E-state index is -0.732. The second-order valence-corrected chi connectivity index (χ2v) is 7.62. The van der Waals surface area contributed by atoms with Crippen molar-refractivity contribution in [2.75, 3.05) is 0 Å². The fourth-order valence-corrected chi connectivity index (χ4v) is 4.17. The van der Waals surface area contributed by atoms with Gasteiger partial charge in [0.25, 0.3) is 0 Å². The van der Waals surface area contributed by atoms with Gasteiger partial charge >= 0.3 is 5.97 Å². The largest absolute Gasteiger partial charge is 0.481 e. The molecule has 3 unspecified atom stereocenters. The number of rotatable bonds is 8. The van der Waals surface area contributed by atoms with E-state index in [0.717, 1.165) is 32.1 Å². The Bertz CT molecular complexity index is 482. The Kier molecular flexibility index (Phi) is 7.05. The van der Waals surface area contributed by atoms with Crippen LogP contribution in [0.15, 0.2) is 23.8 Å². The number of carboxylic acid groups (broad SMARTS) is 1. The SMILES string of the molecule is CCC(C)[C@H](O)/C=C/C1C2C/C(=C/CCCC(=O)O)C[C@H]2C[C@H]1O. The predicted octanol–water partition coefficient (Wildman–Crippen LogP) is 3.54. The molecule has 6 atom stereocenters. The maximum atomic E-state index is 10.6. The Morgan fingerprint density at radius 2 is 2.12 bits per heavy atom. The normalized spacial score (nSPS) is 33.9. The Morgan fingerprint density at radius 3 is 2.79 bits per heavy atom. The molecule has 2 saturated carbocycles. The van der Waals surface area contributed by atoms with Crippen LogP contribution in [-0.4, -0.2) is 33.5 Å². The summed E-state index contributed by atoms with van der Waals surface area (Å²) in [7, 11) is 0. The van der Waals surface area contributed by atoms with E-state index < -0.39 is 12.1 Å². The van der Waals surface area contributed by atoms with Gasteiger partial charge in [-0.3, -0.25) is 4.79 Å². The lowest BCUT2D eigenvalue weighted by molar-refractivity contribution is -0.137. The average molecular weight is 336 g/mol. The fraction of sp³-hybridized carbons (Fsp3) is 0.750. The average Bonchev–Trinajstić information content (AvgIpc) is 3.05. The molecule has 0 amide bonds. The van der Waals surface area contributed by atoms with E-state index >= 15 is 0 Å². The highest BCUT2D eigenvalue weighted by atomic mass is 16.4. The number of unbranched alkanes of at least 4 members (excludes halogenated alkanes) is 1. The molecule has 0 aromatic heterocycles. The number of hydrogen-bond acceptors (Lipinski definition) is 3. The summed E-state index contributed by atoms with van der Waals surface area (Å²) in [6.45, 7) is 4.11. The van der Waals surface area contributed by atoms with Crippen LogP contribution in [0.4, 0.5) is 0 Å². The van der Waals surface area contributed by atoms with Crippen LogP contribution in [-0.2, 0) is 4.79 Å². The lowest BCUT2D eigenvalue weighted by Crippen LogP contribution is -2.19. The molecule has 2 rings (SSSR count). The monoisotopic (exact) mass is 336 g/mol. The number of carboxylic acids is 1. The van der Waals surface area contributed by atoms with Gasteiger partial charge in [0, 0.05) is 12.3 Å². The van der Waals surface area contributed by atoms with Crippen LogP contribution < -0.4 is 0 Å². The minimum Gasteiger partial charge on any atom is -0.481 e. The molecule has 2 aliphatic carbocycles. The van der Waals surface area contributed by atoms with Crippen molar-refractivity contribution in [1.82, 2.24) is 0 Å². The summed E-state index contributed by atoms with van der Waals surface area (Å²) < 4.78 is 0. The molecule has 2 aliphatic rings. The van der Waals surface area contributed by atoms with Gasteiger partial charge in [0.2, 0.25) is 0 Å².